The summed E-state index contributed by atoms with van der Waals surface area (Å²) in [5, 5.41) is 4.51. The van der Waals surface area contributed by atoms with Crippen molar-refractivity contribution < 1.29 is 4.42 Å². The number of nitrogens with zero attached hydrogens (tertiary/aromatic N) is 5. The first-order valence-electron chi connectivity index (χ1n) is 8.79. The summed E-state index contributed by atoms with van der Waals surface area (Å²) in [6, 6.07) is 7.15. The molecule has 0 aliphatic carbocycles. The van der Waals surface area contributed by atoms with Crippen LogP contribution < -0.4 is 5.56 Å². The van der Waals surface area contributed by atoms with Gasteiger partial charge < -0.3 is 9.32 Å². The maximum Gasteiger partial charge on any atom is 0.266 e. The lowest BCUT2D eigenvalue weighted by Crippen LogP contribution is -2.50. The lowest BCUT2D eigenvalue weighted by molar-refractivity contribution is 0.0841. The van der Waals surface area contributed by atoms with E-state index >= 15 is 0 Å². The molecule has 0 spiro atoms. The molecule has 7 heteroatoms. The highest BCUT2D eigenvalue weighted by molar-refractivity contribution is 5.56. The smallest absolute Gasteiger partial charge is 0.266 e. The molecule has 4 rings (SSSR count). The van der Waals surface area contributed by atoms with E-state index in [-0.39, 0.29) is 5.56 Å². The maximum absolute atomic E-state index is 12.1. The van der Waals surface area contributed by atoms with Crippen molar-refractivity contribution in [3.63, 3.8) is 0 Å². The Balaban J connectivity index is 1.33. The molecule has 1 aliphatic heterocycles. The van der Waals surface area contributed by atoms with Gasteiger partial charge in [0, 0.05) is 62.9 Å². The summed E-state index contributed by atoms with van der Waals surface area (Å²) in [5.74, 6) is 2.08. The molecular weight excluding hydrogens is 330 g/mol. The third-order valence-corrected chi connectivity index (χ3v) is 4.63. The van der Waals surface area contributed by atoms with Gasteiger partial charge in [0.2, 0.25) is 0 Å². The van der Waals surface area contributed by atoms with Crippen molar-refractivity contribution in [3.05, 3.63) is 64.9 Å². The zero-order chi connectivity index (χ0) is 17.9. The van der Waals surface area contributed by atoms with Crippen LogP contribution in [0, 0.1) is 12.8 Å². The Morgan fingerprint density at radius 3 is 2.85 bits per heavy atom. The third-order valence-electron chi connectivity index (χ3n) is 4.63. The molecule has 0 aromatic carbocycles. The zero-order valence-electron chi connectivity index (χ0n) is 14.7. The lowest BCUT2D eigenvalue weighted by Gasteiger charge is -2.39. The SMILES string of the molecule is Cc1ncc(CCN2CC(Cn3nc(-c4cccnc4)ccc3=O)C2)o1. The van der Waals surface area contributed by atoms with Gasteiger partial charge in [-0.05, 0) is 18.2 Å². The number of pyridine rings is 1. The normalized spacial score (nSPS) is 15.1. The summed E-state index contributed by atoms with van der Waals surface area (Å²) >= 11 is 0. The minimum atomic E-state index is -0.0618. The van der Waals surface area contributed by atoms with E-state index in [0.29, 0.717) is 18.4 Å². The molecule has 3 aromatic rings. The van der Waals surface area contributed by atoms with E-state index in [2.05, 4.69) is 20.0 Å². The number of aryl methyl sites for hydroxylation is 1. The van der Waals surface area contributed by atoms with Gasteiger partial charge in [-0.25, -0.2) is 9.67 Å². The second-order valence-electron chi connectivity index (χ2n) is 6.70. The standard InChI is InChI=1S/C19H21N5O2/c1-14-21-10-17(26-14)6-8-23-11-15(12-23)13-24-19(25)5-4-18(22-24)16-3-2-7-20-9-16/h2-5,7,9-10,15H,6,8,11-13H2,1H3. The number of likely N-dealkylation sites (tertiary alicyclic amines) is 1. The molecule has 0 N–H and O–H groups in total. The van der Waals surface area contributed by atoms with Gasteiger partial charge in [-0.3, -0.25) is 9.78 Å². The van der Waals surface area contributed by atoms with E-state index in [1.165, 1.54) is 0 Å². The van der Waals surface area contributed by atoms with Gasteiger partial charge in [0.25, 0.3) is 5.56 Å². The molecule has 0 amide bonds. The fourth-order valence-electron chi connectivity index (χ4n) is 3.26. The number of hydrogen-bond donors (Lipinski definition) is 0. The van der Waals surface area contributed by atoms with Gasteiger partial charge >= 0.3 is 0 Å². The van der Waals surface area contributed by atoms with E-state index in [4.69, 9.17) is 4.42 Å². The lowest BCUT2D eigenvalue weighted by atomic mass is 10.00. The summed E-state index contributed by atoms with van der Waals surface area (Å²) in [4.78, 5) is 22.7. The predicted octanol–water partition coefficient (Wildman–Crippen LogP) is 1.78. The first-order chi connectivity index (χ1) is 12.7. The Labute approximate surface area is 151 Å². The van der Waals surface area contributed by atoms with Gasteiger partial charge in [0.15, 0.2) is 5.89 Å². The summed E-state index contributed by atoms with van der Waals surface area (Å²) in [7, 11) is 0. The fraction of sp³-hybridized carbons (Fsp3) is 0.368. The Hall–Kier alpha value is -2.80. The van der Waals surface area contributed by atoms with Crippen molar-refractivity contribution in [1.29, 1.82) is 0 Å². The summed E-state index contributed by atoms with van der Waals surface area (Å²) in [6.07, 6.45) is 6.14. The molecule has 3 aromatic heterocycles. The second kappa shape index (κ2) is 7.21. The minimum Gasteiger partial charge on any atom is -0.446 e. The summed E-state index contributed by atoms with van der Waals surface area (Å²) in [5.41, 5.74) is 1.63. The molecular formula is C19H21N5O2. The molecule has 1 aliphatic rings. The summed E-state index contributed by atoms with van der Waals surface area (Å²) in [6.45, 7) is 5.39. The van der Waals surface area contributed by atoms with Crippen LogP contribution in [0.5, 0.6) is 0 Å². The Morgan fingerprint density at radius 1 is 1.23 bits per heavy atom. The first kappa shape index (κ1) is 16.7. The molecule has 7 nitrogen and oxygen atoms in total. The van der Waals surface area contributed by atoms with Crippen LogP contribution in [0.15, 0.2) is 52.1 Å². The molecule has 0 saturated carbocycles. The zero-order valence-corrected chi connectivity index (χ0v) is 14.7. The van der Waals surface area contributed by atoms with Gasteiger partial charge in [-0.15, -0.1) is 0 Å². The molecule has 0 radical (unpaired) electrons. The van der Waals surface area contributed by atoms with E-state index in [1.54, 1.807) is 35.4 Å². The first-order valence-corrected chi connectivity index (χ1v) is 8.79. The van der Waals surface area contributed by atoms with Crippen molar-refractivity contribution in [2.24, 2.45) is 5.92 Å². The van der Waals surface area contributed by atoms with Crippen LogP contribution in [-0.4, -0.2) is 44.3 Å². The molecule has 0 bridgehead atoms. The van der Waals surface area contributed by atoms with E-state index in [0.717, 1.165) is 43.1 Å². The van der Waals surface area contributed by atoms with Gasteiger partial charge in [-0.2, -0.15) is 5.10 Å². The molecule has 1 fully saturated rings. The fourth-order valence-corrected chi connectivity index (χ4v) is 3.26. The van der Waals surface area contributed by atoms with Crippen LogP contribution in [0.2, 0.25) is 0 Å². The molecule has 134 valence electrons. The van der Waals surface area contributed by atoms with Crippen LogP contribution in [-0.2, 0) is 13.0 Å². The van der Waals surface area contributed by atoms with Crippen LogP contribution in [0.3, 0.4) is 0 Å². The highest BCUT2D eigenvalue weighted by atomic mass is 16.4. The Bertz CT molecular complexity index is 928. The summed E-state index contributed by atoms with van der Waals surface area (Å²) < 4.78 is 7.07. The van der Waals surface area contributed by atoms with Gasteiger partial charge in [0.1, 0.15) is 5.76 Å². The average molecular weight is 351 g/mol. The number of oxazole rings is 1. The van der Waals surface area contributed by atoms with Crippen LogP contribution >= 0.6 is 0 Å². The molecule has 26 heavy (non-hydrogen) atoms. The topological polar surface area (TPSA) is 77.1 Å². The molecule has 0 atom stereocenters. The van der Waals surface area contributed by atoms with Gasteiger partial charge in [-0.1, -0.05) is 0 Å². The highest BCUT2D eigenvalue weighted by Gasteiger charge is 2.27. The van der Waals surface area contributed by atoms with E-state index in [9.17, 15) is 4.79 Å². The Morgan fingerprint density at radius 2 is 2.12 bits per heavy atom. The second-order valence-corrected chi connectivity index (χ2v) is 6.70. The monoisotopic (exact) mass is 351 g/mol. The molecule has 1 saturated heterocycles. The quantitative estimate of drug-likeness (QED) is 0.674. The number of hydrogen-bond acceptors (Lipinski definition) is 6. The van der Waals surface area contributed by atoms with Crippen molar-refractivity contribution in [1.82, 2.24) is 24.6 Å². The maximum atomic E-state index is 12.1. The van der Waals surface area contributed by atoms with Crippen LogP contribution in [0.4, 0.5) is 0 Å². The van der Waals surface area contributed by atoms with Crippen molar-refractivity contribution in [2.75, 3.05) is 19.6 Å². The molecule has 0 unspecified atom stereocenters. The van der Waals surface area contributed by atoms with Crippen LogP contribution in [0.1, 0.15) is 11.7 Å². The highest BCUT2D eigenvalue weighted by Crippen LogP contribution is 2.18. The van der Waals surface area contributed by atoms with E-state index in [1.807, 2.05) is 19.1 Å². The van der Waals surface area contributed by atoms with E-state index < -0.39 is 0 Å². The predicted molar refractivity (Wildman–Crippen MR) is 96.6 cm³/mol. The minimum absolute atomic E-state index is 0.0618. The number of aromatic nitrogens is 4. The van der Waals surface area contributed by atoms with Gasteiger partial charge in [0.05, 0.1) is 18.4 Å². The van der Waals surface area contributed by atoms with Crippen LogP contribution in [0.25, 0.3) is 11.3 Å². The van der Waals surface area contributed by atoms with Crippen molar-refractivity contribution in [2.45, 2.75) is 19.9 Å². The number of rotatable bonds is 6. The largest absolute Gasteiger partial charge is 0.446 e. The van der Waals surface area contributed by atoms with Crippen molar-refractivity contribution in [3.8, 4) is 11.3 Å². The average Bonchev–Trinajstić information content (AvgIpc) is 3.04. The Kier molecular flexibility index (Phi) is 4.62. The third kappa shape index (κ3) is 3.72. The van der Waals surface area contributed by atoms with Crippen molar-refractivity contribution >= 4 is 0 Å². The molecule has 4 heterocycles.